The van der Waals surface area contributed by atoms with Crippen molar-refractivity contribution in [3.05, 3.63) is 46.0 Å². The first-order valence-corrected chi connectivity index (χ1v) is 7.53. The van der Waals surface area contributed by atoms with E-state index in [0.29, 0.717) is 12.2 Å². The Hall–Kier alpha value is -1.72. The van der Waals surface area contributed by atoms with E-state index in [1.54, 1.807) is 10.5 Å². The van der Waals surface area contributed by atoms with Gasteiger partial charge in [0, 0.05) is 24.3 Å². The van der Waals surface area contributed by atoms with E-state index in [0.717, 1.165) is 11.4 Å². The van der Waals surface area contributed by atoms with Gasteiger partial charge in [-0.3, -0.25) is 14.1 Å². The van der Waals surface area contributed by atoms with Gasteiger partial charge in [0.25, 0.3) is 5.56 Å². The summed E-state index contributed by atoms with van der Waals surface area (Å²) in [5.74, 6) is 0. The zero-order valence-corrected chi connectivity index (χ0v) is 14.0. The lowest BCUT2D eigenvalue weighted by atomic mass is 9.86. The van der Waals surface area contributed by atoms with Gasteiger partial charge < -0.3 is 5.11 Å². The topological polar surface area (TPSA) is 57.8 Å². The van der Waals surface area contributed by atoms with Crippen molar-refractivity contribution in [2.75, 3.05) is 13.7 Å². The van der Waals surface area contributed by atoms with Gasteiger partial charge in [-0.1, -0.05) is 26.8 Å². The van der Waals surface area contributed by atoms with E-state index in [-0.39, 0.29) is 23.6 Å². The molecular formula is C17H25N3O2. The Morgan fingerprint density at radius 1 is 1.36 bits per heavy atom. The Bertz CT molecular complexity index is 716. The fourth-order valence-corrected chi connectivity index (χ4v) is 2.88. The average Bonchev–Trinajstić information content (AvgIpc) is 2.37. The van der Waals surface area contributed by atoms with E-state index in [2.05, 4.69) is 25.8 Å². The summed E-state index contributed by atoms with van der Waals surface area (Å²) in [4.78, 5) is 18.9. The molecule has 2 rings (SSSR count). The van der Waals surface area contributed by atoms with E-state index in [1.807, 2.05) is 37.1 Å². The molecule has 0 spiro atoms. The lowest BCUT2D eigenvalue weighted by Crippen LogP contribution is -2.44. The number of aliphatic hydroxyl groups is 1. The Balaban J connectivity index is 2.35. The van der Waals surface area contributed by atoms with Crippen LogP contribution in [0.4, 0.5) is 0 Å². The maximum absolute atomic E-state index is 12.3. The third-order valence-electron chi connectivity index (χ3n) is 4.05. The molecule has 5 nitrogen and oxygen atoms in total. The molecule has 0 aliphatic heterocycles. The molecule has 1 N–H and O–H groups in total. The molecule has 0 saturated carbocycles. The summed E-state index contributed by atoms with van der Waals surface area (Å²) < 4.78 is 1.61. The summed E-state index contributed by atoms with van der Waals surface area (Å²) >= 11 is 0. The summed E-state index contributed by atoms with van der Waals surface area (Å²) in [5.41, 5.74) is 2.14. The summed E-state index contributed by atoms with van der Waals surface area (Å²) in [7, 11) is 1.95. The van der Waals surface area contributed by atoms with Crippen molar-refractivity contribution in [1.29, 1.82) is 0 Å². The molecule has 2 aromatic rings. The van der Waals surface area contributed by atoms with Gasteiger partial charge in [0.05, 0.1) is 12.3 Å². The molecule has 0 amide bonds. The van der Waals surface area contributed by atoms with Crippen LogP contribution in [0.5, 0.6) is 0 Å². The number of likely N-dealkylation sites (N-methyl/N-ethyl adjacent to an activating group) is 1. The fourth-order valence-electron chi connectivity index (χ4n) is 2.88. The molecule has 120 valence electrons. The van der Waals surface area contributed by atoms with Gasteiger partial charge in [0.1, 0.15) is 5.65 Å². The first kappa shape index (κ1) is 16.6. The van der Waals surface area contributed by atoms with Crippen molar-refractivity contribution in [3.63, 3.8) is 0 Å². The Morgan fingerprint density at radius 2 is 2.05 bits per heavy atom. The van der Waals surface area contributed by atoms with Gasteiger partial charge in [-0.2, -0.15) is 0 Å². The molecule has 0 fully saturated rings. The Kier molecular flexibility index (Phi) is 4.68. The summed E-state index contributed by atoms with van der Waals surface area (Å²) in [5, 5.41) is 9.64. The zero-order chi connectivity index (χ0) is 16.5. The number of nitrogens with zero attached hydrogens (tertiary/aromatic N) is 3. The highest BCUT2D eigenvalue weighted by Gasteiger charge is 2.27. The lowest BCUT2D eigenvalue weighted by molar-refractivity contribution is 0.0607. The quantitative estimate of drug-likeness (QED) is 0.936. The largest absolute Gasteiger partial charge is 0.395 e. The second-order valence-electron chi connectivity index (χ2n) is 6.93. The number of aliphatic hydroxyl groups excluding tert-OH is 1. The van der Waals surface area contributed by atoms with Crippen molar-refractivity contribution in [2.24, 2.45) is 5.41 Å². The van der Waals surface area contributed by atoms with Gasteiger partial charge in [-0.25, -0.2) is 4.98 Å². The SMILES string of the molecule is Cc1cccc2nc(CN(C)C(CO)C(C)(C)C)cc(=O)n12. The minimum absolute atomic E-state index is 0.00487. The number of pyridine rings is 1. The van der Waals surface area contributed by atoms with Gasteiger partial charge in [-0.05, 0) is 31.5 Å². The van der Waals surface area contributed by atoms with Crippen LogP contribution in [0.15, 0.2) is 29.1 Å². The van der Waals surface area contributed by atoms with Gasteiger partial charge in [0.15, 0.2) is 0 Å². The smallest absolute Gasteiger partial charge is 0.258 e. The highest BCUT2D eigenvalue weighted by Crippen LogP contribution is 2.24. The third-order valence-corrected chi connectivity index (χ3v) is 4.05. The number of hydrogen-bond donors (Lipinski definition) is 1. The van der Waals surface area contributed by atoms with Crippen molar-refractivity contribution < 1.29 is 5.11 Å². The first-order valence-electron chi connectivity index (χ1n) is 7.53. The van der Waals surface area contributed by atoms with Crippen LogP contribution in [0, 0.1) is 12.3 Å². The standard InChI is InChI=1S/C17H25N3O2/c1-12-7-6-8-15-18-13(9-16(22)20(12)15)10-19(5)14(11-21)17(2,3)4/h6-9,14,21H,10-11H2,1-5H3. The van der Waals surface area contributed by atoms with Crippen molar-refractivity contribution in [2.45, 2.75) is 40.3 Å². The van der Waals surface area contributed by atoms with E-state index < -0.39 is 0 Å². The van der Waals surface area contributed by atoms with Crippen LogP contribution in [0.2, 0.25) is 0 Å². The summed E-state index contributed by atoms with van der Waals surface area (Å²) in [6.07, 6.45) is 0. The average molecular weight is 303 g/mol. The highest BCUT2D eigenvalue weighted by molar-refractivity contribution is 5.40. The predicted molar refractivity (Wildman–Crippen MR) is 88.0 cm³/mol. The predicted octanol–water partition coefficient (Wildman–Crippen LogP) is 1.84. The van der Waals surface area contributed by atoms with Crippen LogP contribution in [0.25, 0.3) is 5.65 Å². The summed E-state index contributed by atoms with van der Waals surface area (Å²) in [6.45, 7) is 8.78. The first-order chi connectivity index (χ1) is 10.2. The molecule has 0 aliphatic carbocycles. The third kappa shape index (κ3) is 3.36. The van der Waals surface area contributed by atoms with Crippen LogP contribution in [0.3, 0.4) is 0 Å². The van der Waals surface area contributed by atoms with Gasteiger partial charge >= 0.3 is 0 Å². The molecule has 2 aromatic heterocycles. The normalized spacial score (nSPS) is 13.8. The number of aromatic nitrogens is 2. The maximum Gasteiger partial charge on any atom is 0.258 e. The monoisotopic (exact) mass is 303 g/mol. The highest BCUT2D eigenvalue weighted by atomic mass is 16.3. The number of hydrogen-bond acceptors (Lipinski definition) is 4. The molecule has 2 heterocycles. The minimum Gasteiger partial charge on any atom is -0.395 e. The second-order valence-corrected chi connectivity index (χ2v) is 6.93. The van der Waals surface area contributed by atoms with Crippen molar-refractivity contribution in [3.8, 4) is 0 Å². The van der Waals surface area contributed by atoms with Crippen molar-refractivity contribution >= 4 is 5.65 Å². The van der Waals surface area contributed by atoms with E-state index >= 15 is 0 Å². The van der Waals surface area contributed by atoms with Crippen LogP contribution in [0.1, 0.15) is 32.2 Å². The molecule has 0 aromatic carbocycles. The van der Waals surface area contributed by atoms with Crippen LogP contribution in [-0.2, 0) is 6.54 Å². The van der Waals surface area contributed by atoms with E-state index in [1.165, 1.54) is 0 Å². The van der Waals surface area contributed by atoms with E-state index in [9.17, 15) is 9.90 Å². The molecule has 0 bridgehead atoms. The van der Waals surface area contributed by atoms with Crippen molar-refractivity contribution in [1.82, 2.24) is 14.3 Å². The molecule has 5 heteroatoms. The maximum atomic E-state index is 12.3. The van der Waals surface area contributed by atoms with Crippen LogP contribution < -0.4 is 5.56 Å². The molecular weight excluding hydrogens is 278 g/mol. The minimum atomic E-state index is -0.0668. The molecule has 0 saturated heterocycles. The lowest BCUT2D eigenvalue weighted by Gasteiger charge is -2.36. The number of aryl methyl sites for hydroxylation is 1. The number of fused-ring (bicyclic) bond motifs is 1. The Morgan fingerprint density at radius 3 is 2.64 bits per heavy atom. The second kappa shape index (κ2) is 6.18. The van der Waals surface area contributed by atoms with Gasteiger partial charge in [-0.15, -0.1) is 0 Å². The van der Waals surface area contributed by atoms with E-state index in [4.69, 9.17) is 0 Å². The van der Waals surface area contributed by atoms with Gasteiger partial charge in [0.2, 0.25) is 0 Å². The van der Waals surface area contributed by atoms with Crippen LogP contribution >= 0.6 is 0 Å². The summed E-state index contributed by atoms with van der Waals surface area (Å²) in [6, 6.07) is 7.21. The number of rotatable bonds is 4. The molecule has 0 radical (unpaired) electrons. The molecule has 22 heavy (non-hydrogen) atoms. The molecule has 1 atom stereocenters. The van der Waals surface area contributed by atoms with Crippen LogP contribution in [-0.4, -0.2) is 39.1 Å². The fraction of sp³-hybridized carbons (Fsp3) is 0.529. The molecule has 0 aliphatic rings. The zero-order valence-electron chi connectivity index (χ0n) is 14.0. The Labute approximate surface area is 131 Å². The molecule has 1 unspecified atom stereocenters.